The molecule has 194 valence electrons. The van der Waals surface area contributed by atoms with Crippen molar-refractivity contribution in [2.75, 3.05) is 30.4 Å². The molecule has 13 heteroatoms. The van der Waals surface area contributed by atoms with Crippen molar-refractivity contribution in [1.82, 2.24) is 0 Å². The summed E-state index contributed by atoms with van der Waals surface area (Å²) in [7, 11) is -1.41. The van der Waals surface area contributed by atoms with E-state index in [2.05, 4.69) is 5.32 Å². The Morgan fingerprint density at radius 1 is 1.11 bits per heavy atom. The van der Waals surface area contributed by atoms with Crippen molar-refractivity contribution in [3.05, 3.63) is 86.9 Å². The maximum Gasteiger partial charge on any atom is 0.340 e. The molecule has 0 saturated heterocycles. The third-order valence-electron chi connectivity index (χ3n) is 5.27. The van der Waals surface area contributed by atoms with E-state index >= 15 is 0 Å². The first-order valence-electron chi connectivity index (χ1n) is 10.6. The zero-order chi connectivity index (χ0) is 27.3. The second kappa shape index (κ2) is 11.3. The van der Waals surface area contributed by atoms with Crippen molar-refractivity contribution in [2.45, 2.75) is 11.8 Å². The van der Waals surface area contributed by atoms with E-state index in [1.807, 2.05) is 0 Å². The Hall–Kier alpha value is -4.16. The van der Waals surface area contributed by atoms with Crippen LogP contribution in [0.3, 0.4) is 0 Å². The molecule has 0 aliphatic heterocycles. The second-order valence-electron chi connectivity index (χ2n) is 7.67. The Morgan fingerprint density at radius 2 is 1.78 bits per heavy atom. The maximum atomic E-state index is 13.1. The Labute approximate surface area is 217 Å². The van der Waals surface area contributed by atoms with Gasteiger partial charge < -0.3 is 14.8 Å². The summed E-state index contributed by atoms with van der Waals surface area (Å²) in [5.74, 6) is -1.82. The van der Waals surface area contributed by atoms with Gasteiger partial charge in [0.2, 0.25) is 0 Å². The van der Waals surface area contributed by atoms with E-state index in [4.69, 9.17) is 21.1 Å². The van der Waals surface area contributed by atoms with E-state index in [1.54, 1.807) is 37.3 Å². The summed E-state index contributed by atoms with van der Waals surface area (Å²) < 4.78 is 37.2. The van der Waals surface area contributed by atoms with Crippen LogP contribution >= 0.6 is 11.6 Å². The normalized spacial score (nSPS) is 10.9. The van der Waals surface area contributed by atoms with Crippen molar-refractivity contribution in [3.8, 4) is 5.75 Å². The van der Waals surface area contributed by atoms with E-state index in [-0.39, 0.29) is 32.6 Å². The lowest BCUT2D eigenvalue weighted by Crippen LogP contribution is -2.27. The number of nitro benzene ring substituents is 1. The number of carbonyl (C=O) groups is 2. The quantitative estimate of drug-likeness (QED) is 0.238. The SMILES string of the molecule is COc1cc(NC(=O)COC(=O)c2cc(S(=O)(=O)N(C)c3ccccc3)ccc2Cl)c(C)cc1[N+](=O)[O-]. The fraction of sp³-hybridized carbons (Fsp3) is 0.167. The monoisotopic (exact) mass is 547 g/mol. The molecule has 1 amide bonds. The first kappa shape index (κ1) is 27.4. The van der Waals surface area contributed by atoms with E-state index in [0.29, 0.717) is 11.3 Å². The van der Waals surface area contributed by atoms with Gasteiger partial charge in [0.15, 0.2) is 12.4 Å². The minimum atomic E-state index is -4.03. The van der Waals surface area contributed by atoms with Crippen molar-refractivity contribution in [3.63, 3.8) is 0 Å². The number of sulfonamides is 1. The number of esters is 1. The van der Waals surface area contributed by atoms with Crippen molar-refractivity contribution >= 4 is 50.6 Å². The molecular weight excluding hydrogens is 526 g/mol. The number of para-hydroxylation sites is 1. The maximum absolute atomic E-state index is 13.1. The lowest BCUT2D eigenvalue weighted by Gasteiger charge is -2.20. The zero-order valence-corrected chi connectivity index (χ0v) is 21.5. The van der Waals surface area contributed by atoms with Gasteiger partial charge in [-0.15, -0.1) is 0 Å². The number of aryl methyl sites for hydroxylation is 1. The molecule has 3 aromatic rings. The van der Waals surface area contributed by atoms with Crippen LogP contribution in [0.5, 0.6) is 5.75 Å². The Kier molecular flexibility index (Phi) is 8.35. The summed E-state index contributed by atoms with van der Waals surface area (Å²) in [5.41, 5.74) is 0.502. The Balaban J connectivity index is 1.74. The first-order valence-corrected chi connectivity index (χ1v) is 12.4. The predicted octanol–water partition coefficient (Wildman–Crippen LogP) is 4.19. The molecule has 0 radical (unpaired) electrons. The van der Waals surface area contributed by atoms with E-state index in [1.165, 1.54) is 38.4 Å². The van der Waals surface area contributed by atoms with Gasteiger partial charge in [-0.3, -0.25) is 19.2 Å². The summed E-state index contributed by atoms with van der Waals surface area (Å²) in [6, 6.07) is 14.4. The summed E-state index contributed by atoms with van der Waals surface area (Å²) in [6.07, 6.45) is 0. The lowest BCUT2D eigenvalue weighted by atomic mass is 10.1. The molecule has 0 spiro atoms. The van der Waals surface area contributed by atoms with Gasteiger partial charge in [-0.2, -0.15) is 0 Å². The number of amides is 1. The molecule has 0 aliphatic rings. The summed E-state index contributed by atoms with van der Waals surface area (Å²) in [5, 5.41) is 13.6. The molecule has 0 fully saturated rings. The minimum Gasteiger partial charge on any atom is -0.490 e. The molecule has 3 aromatic carbocycles. The molecule has 0 atom stereocenters. The molecule has 0 heterocycles. The topological polar surface area (TPSA) is 145 Å². The summed E-state index contributed by atoms with van der Waals surface area (Å²) in [4.78, 5) is 35.3. The lowest BCUT2D eigenvalue weighted by molar-refractivity contribution is -0.385. The molecule has 11 nitrogen and oxygen atoms in total. The molecule has 3 rings (SSSR count). The fourth-order valence-corrected chi connectivity index (χ4v) is 4.68. The van der Waals surface area contributed by atoms with Crippen LogP contribution < -0.4 is 14.4 Å². The Bertz CT molecular complexity index is 1460. The van der Waals surface area contributed by atoms with Gasteiger partial charge in [0.25, 0.3) is 15.9 Å². The molecule has 0 unspecified atom stereocenters. The number of benzene rings is 3. The molecule has 0 aliphatic carbocycles. The number of ether oxygens (including phenoxy) is 2. The number of carbonyl (C=O) groups excluding carboxylic acids is 2. The highest BCUT2D eigenvalue weighted by Gasteiger charge is 2.25. The first-order chi connectivity index (χ1) is 17.4. The van der Waals surface area contributed by atoms with Gasteiger partial charge in [0.05, 0.1) is 33.2 Å². The van der Waals surface area contributed by atoms with Gasteiger partial charge in [0, 0.05) is 24.9 Å². The van der Waals surface area contributed by atoms with Gasteiger partial charge in [0.1, 0.15) is 0 Å². The number of halogens is 1. The van der Waals surface area contributed by atoms with Gasteiger partial charge in [-0.05, 0) is 42.8 Å². The average Bonchev–Trinajstić information content (AvgIpc) is 2.88. The fourth-order valence-electron chi connectivity index (χ4n) is 3.26. The highest BCUT2D eigenvalue weighted by atomic mass is 35.5. The number of anilines is 2. The smallest absolute Gasteiger partial charge is 0.340 e. The third kappa shape index (κ3) is 6.16. The second-order valence-corrected chi connectivity index (χ2v) is 10.0. The van der Waals surface area contributed by atoms with Crippen molar-refractivity contribution in [1.29, 1.82) is 0 Å². The van der Waals surface area contributed by atoms with Crippen molar-refractivity contribution in [2.24, 2.45) is 0 Å². The number of hydrogen-bond donors (Lipinski definition) is 1. The van der Waals surface area contributed by atoms with Crippen LogP contribution in [-0.2, 0) is 19.6 Å². The van der Waals surface area contributed by atoms with Gasteiger partial charge >= 0.3 is 11.7 Å². The molecule has 1 N–H and O–H groups in total. The van der Waals surface area contributed by atoms with Crippen LogP contribution in [0.1, 0.15) is 15.9 Å². The number of rotatable bonds is 9. The van der Waals surface area contributed by atoms with E-state index in [9.17, 15) is 28.1 Å². The number of nitrogens with one attached hydrogen (secondary N) is 1. The average molecular weight is 548 g/mol. The predicted molar refractivity (Wildman–Crippen MR) is 137 cm³/mol. The molecular formula is C24H22ClN3O8S. The van der Waals surface area contributed by atoms with E-state index in [0.717, 1.165) is 10.4 Å². The summed E-state index contributed by atoms with van der Waals surface area (Å²) in [6.45, 7) is 0.820. The van der Waals surface area contributed by atoms with Crippen LogP contribution in [0.15, 0.2) is 65.6 Å². The molecule has 0 bridgehead atoms. The number of nitro groups is 1. The standard InChI is InChI=1S/C24H22ClN3O8S/c1-15-11-21(28(31)32)22(35-3)13-20(15)26-23(29)14-36-24(30)18-12-17(9-10-19(18)25)37(33,34)27(2)16-7-5-4-6-8-16/h4-13H,14H2,1-3H3,(H,26,29). The van der Waals surface area contributed by atoms with Gasteiger partial charge in [-0.25, -0.2) is 13.2 Å². The summed E-state index contributed by atoms with van der Waals surface area (Å²) >= 11 is 6.10. The van der Waals surface area contributed by atoms with Crippen LogP contribution in [0.4, 0.5) is 17.1 Å². The number of nitrogens with zero attached hydrogens (tertiary/aromatic N) is 2. The van der Waals surface area contributed by atoms with Crippen LogP contribution in [0.25, 0.3) is 0 Å². The minimum absolute atomic E-state index is 0.0619. The Morgan fingerprint density at radius 3 is 2.41 bits per heavy atom. The van der Waals surface area contributed by atoms with Crippen LogP contribution in [0, 0.1) is 17.0 Å². The zero-order valence-electron chi connectivity index (χ0n) is 19.9. The van der Waals surface area contributed by atoms with Crippen LogP contribution in [0.2, 0.25) is 5.02 Å². The van der Waals surface area contributed by atoms with Crippen molar-refractivity contribution < 1.29 is 32.4 Å². The molecule has 0 saturated carbocycles. The largest absolute Gasteiger partial charge is 0.490 e. The molecule has 37 heavy (non-hydrogen) atoms. The van der Waals surface area contributed by atoms with E-state index < -0.39 is 33.4 Å². The van der Waals surface area contributed by atoms with Crippen LogP contribution in [-0.4, -0.2) is 46.0 Å². The highest BCUT2D eigenvalue weighted by molar-refractivity contribution is 7.92. The number of hydrogen-bond acceptors (Lipinski definition) is 8. The van der Waals surface area contributed by atoms with Gasteiger partial charge in [-0.1, -0.05) is 29.8 Å². The molecule has 0 aromatic heterocycles. The third-order valence-corrected chi connectivity index (χ3v) is 7.38. The number of methoxy groups -OCH3 is 1. The highest BCUT2D eigenvalue weighted by Crippen LogP contribution is 2.33.